The van der Waals surface area contributed by atoms with E-state index in [1.54, 1.807) is 18.6 Å². The van der Waals surface area contributed by atoms with Gasteiger partial charge in [0, 0.05) is 45.1 Å². The maximum atomic E-state index is 12.7. The maximum absolute atomic E-state index is 12.7. The van der Waals surface area contributed by atoms with Gasteiger partial charge in [0.05, 0.1) is 12.4 Å². The summed E-state index contributed by atoms with van der Waals surface area (Å²) < 4.78 is 1.85. The molecule has 4 rings (SSSR count). The Hall–Kier alpha value is -2.51. The fourth-order valence-electron chi connectivity index (χ4n) is 3.88. The number of hydrogen-bond donors (Lipinski definition) is 0. The molecular formula is C18H25N7O. The van der Waals surface area contributed by atoms with Crippen molar-refractivity contribution in [3.05, 3.63) is 30.5 Å². The molecule has 1 saturated heterocycles. The summed E-state index contributed by atoms with van der Waals surface area (Å²) >= 11 is 0. The number of carbonyl (C=O) groups is 1. The summed E-state index contributed by atoms with van der Waals surface area (Å²) in [5.74, 6) is 1.50. The number of aromatic nitrogens is 5. The molecule has 8 heteroatoms. The van der Waals surface area contributed by atoms with Crippen molar-refractivity contribution in [2.24, 2.45) is 5.92 Å². The largest absolute Gasteiger partial charge is 0.352 e. The maximum Gasteiger partial charge on any atom is 0.276 e. The fourth-order valence-corrected chi connectivity index (χ4v) is 3.88. The lowest BCUT2D eigenvalue weighted by Gasteiger charge is -2.34. The summed E-state index contributed by atoms with van der Waals surface area (Å²) in [7, 11) is 0. The lowest BCUT2D eigenvalue weighted by molar-refractivity contribution is 0.0740. The van der Waals surface area contributed by atoms with Crippen LogP contribution in [0.3, 0.4) is 0 Å². The van der Waals surface area contributed by atoms with E-state index in [4.69, 9.17) is 0 Å². The predicted molar refractivity (Wildman–Crippen MR) is 96.7 cm³/mol. The van der Waals surface area contributed by atoms with E-state index in [1.165, 1.54) is 32.1 Å². The summed E-state index contributed by atoms with van der Waals surface area (Å²) in [5, 5.41) is 8.30. The topological polar surface area (TPSA) is 80.0 Å². The molecule has 26 heavy (non-hydrogen) atoms. The molecule has 2 aromatic heterocycles. The van der Waals surface area contributed by atoms with Crippen LogP contribution in [0.15, 0.2) is 24.8 Å². The summed E-state index contributed by atoms with van der Waals surface area (Å²) in [6.45, 7) is 3.69. The Morgan fingerprint density at radius 2 is 1.88 bits per heavy atom. The van der Waals surface area contributed by atoms with Crippen molar-refractivity contribution in [2.75, 3.05) is 31.1 Å². The minimum absolute atomic E-state index is 0.0290. The number of nitrogens with zero attached hydrogens (tertiary/aromatic N) is 7. The van der Waals surface area contributed by atoms with Gasteiger partial charge >= 0.3 is 0 Å². The molecule has 0 bridgehead atoms. The second-order valence-corrected chi connectivity index (χ2v) is 7.17. The molecule has 1 amide bonds. The quantitative estimate of drug-likeness (QED) is 0.829. The molecule has 0 spiro atoms. The van der Waals surface area contributed by atoms with Crippen LogP contribution in [0.5, 0.6) is 0 Å². The van der Waals surface area contributed by atoms with Crippen molar-refractivity contribution < 1.29 is 4.79 Å². The smallest absolute Gasteiger partial charge is 0.276 e. The van der Waals surface area contributed by atoms with Gasteiger partial charge in [-0.3, -0.25) is 14.5 Å². The minimum atomic E-state index is -0.0290. The molecule has 1 aliphatic carbocycles. The van der Waals surface area contributed by atoms with Gasteiger partial charge in [-0.25, -0.2) is 4.98 Å². The van der Waals surface area contributed by atoms with E-state index in [2.05, 4.69) is 25.2 Å². The summed E-state index contributed by atoms with van der Waals surface area (Å²) in [4.78, 5) is 25.1. The molecule has 8 nitrogen and oxygen atoms in total. The SMILES string of the molecule is O=C(c1cn(CC2CCCCC2)nn1)N1CCN(c2cnccn2)CC1. The van der Waals surface area contributed by atoms with Crippen LogP contribution in [0.1, 0.15) is 42.6 Å². The first-order chi connectivity index (χ1) is 12.8. The molecule has 2 aliphatic rings. The first kappa shape index (κ1) is 16.9. The highest BCUT2D eigenvalue weighted by Crippen LogP contribution is 2.24. The van der Waals surface area contributed by atoms with Crippen molar-refractivity contribution in [2.45, 2.75) is 38.6 Å². The van der Waals surface area contributed by atoms with Crippen molar-refractivity contribution >= 4 is 11.7 Å². The summed E-state index contributed by atoms with van der Waals surface area (Å²) in [6.07, 6.45) is 13.4. The minimum Gasteiger partial charge on any atom is -0.352 e. The third-order valence-electron chi connectivity index (χ3n) is 5.37. The van der Waals surface area contributed by atoms with Crippen LogP contribution < -0.4 is 4.90 Å². The second kappa shape index (κ2) is 7.80. The van der Waals surface area contributed by atoms with Gasteiger partial charge < -0.3 is 9.80 Å². The van der Waals surface area contributed by atoms with Crippen LogP contribution in [-0.4, -0.2) is 61.9 Å². The first-order valence-corrected chi connectivity index (χ1v) is 9.50. The number of amides is 1. The molecule has 1 saturated carbocycles. The van der Waals surface area contributed by atoms with Gasteiger partial charge in [-0.1, -0.05) is 24.5 Å². The van der Waals surface area contributed by atoms with Gasteiger partial charge in [0.2, 0.25) is 0 Å². The highest BCUT2D eigenvalue weighted by molar-refractivity contribution is 5.92. The fraction of sp³-hybridized carbons (Fsp3) is 0.611. The van der Waals surface area contributed by atoms with E-state index < -0.39 is 0 Å². The molecule has 1 aliphatic heterocycles. The number of carbonyl (C=O) groups excluding carboxylic acids is 1. The summed E-state index contributed by atoms with van der Waals surface area (Å²) in [6, 6.07) is 0. The van der Waals surface area contributed by atoms with Gasteiger partial charge in [-0.05, 0) is 18.8 Å². The van der Waals surface area contributed by atoms with Crippen LogP contribution in [-0.2, 0) is 6.54 Å². The average molecular weight is 355 g/mol. The molecule has 0 atom stereocenters. The van der Waals surface area contributed by atoms with Crippen LogP contribution in [0.25, 0.3) is 0 Å². The lowest BCUT2D eigenvalue weighted by atomic mass is 9.89. The van der Waals surface area contributed by atoms with E-state index >= 15 is 0 Å². The molecule has 2 fully saturated rings. The van der Waals surface area contributed by atoms with E-state index in [0.29, 0.717) is 24.7 Å². The van der Waals surface area contributed by atoms with Gasteiger partial charge in [0.15, 0.2) is 5.69 Å². The molecule has 0 N–H and O–H groups in total. The number of anilines is 1. The highest BCUT2D eigenvalue weighted by Gasteiger charge is 2.25. The molecule has 2 aromatic rings. The van der Waals surface area contributed by atoms with Crippen molar-refractivity contribution in [1.29, 1.82) is 0 Å². The Balaban J connectivity index is 1.32. The molecule has 138 valence electrons. The Morgan fingerprint density at radius 3 is 2.62 bits per heavy atom. The lowest BCUT2D eigenvalue weighted by Crippen LogP contribution is -2.49. The number of rotatable bonds is 4. The van der Waals surface area contributed by atoms with E-state index in [9.17, 15) is 4.79 Å². The van der Waals surface area contributed by atoms with Crippen LogP contribution in [0.4, 0.5) is 5.82 Å². The van der Waals surface area contributed by atoms with Gasteiger partial charge in [0.1, 0.15) is 5.82 Å². The van der Waals surface area contributed by atoms with Gasteiger partial charge in [-0.15, -0.1) is 5.10 Å². The normalized spacial score (nSPS) is 18.9. The molecule has 0 unspecified atom stereocenters. The van der Waals surface area contributed by atoms with Gasteiger partial charge in [0.25, 0.3) is 5.91 Å². The Kier molecular flexibility index (Phi) is 5.08. The highest BCUT2D eigenvalue weighted by atomic mass is 16.2. The molecule has 3 heterocycles. The van der Waals surface area contributed by atoms with Crippen LogP contribution in [0.2, 0.25) is 0 Å². The zero-order chi connectivity index (χ0) is 17.8. The Bertz CT molecular complexity index is 718. The van der Waals surface area contributed by atoms with Crippen LogP contribution >= 0.6 is 0 Å². The monoisotopic (exact) mass is 355 g/mol. The van der Waals surface area contributed by atoms with E-state index in [0.717, 1.165) is 25.5 Å². The number of hydrogen-bond acceptors (Lipinski definition) is 6. The third-order valence-corrected chi connectivity index (χ3v) is 5.37. The zero-order valence-corrected chi connectivity index (χ0v) is 15.0. The van der Waals surface area contributed by atoms with Crippen LogP contribution in [0, 0.1) is 5.92 Å². The summed E-state index contributed by atoms with van der Waals surface area (Å²) in [5.41, 5.74) is 0.453. The van der Waals surface area contributed by atoms with Crippen molar-refractivity contribution in [3.63, 3.8) is 0 Å². The second-order valence-electron chi connectivity index (χ2n) is 7.17. The van der Waals surface area contributed by atoms with Crippen molar-refractivity contribution in [3.8, 4) is 0 Å². The zero-order valence-electron chi connectivity index (χ0n) is 15.0. The molecule has 0 radical (unpaired) electrons. The number of piperazine rings is 1. The molecule has 0 aromatic carbocycles. The third kappa shape index (κ3) is 3.84. The van der Waals surface area contributed by atoms with Gasteiger partial charge in [-0.2, -0.15) is 0 Å². The standard InChI is InChI=1S/C18H25N7O/c26-18(16-14-25(22-21-16)13-15-4-2-1-3-5-15)24-10-8-23(9-11-24)17-12-19-6-7-20-17/h6-7,12,14-15H,1-5,8-11,13H2. The first-order valence-electron chi connectivity index (χ1n) is 9.50. The van der Waals surface area contributed by atoms with E-state index in [1.807, 2.05) is 15.8 Å². The van der Waals surface area contributed by atoms with E-state index in [-0.39, 0.29) is 5.91 Å². The average Bonchev–Trinajstić information content (AvgIpc) is 3.17. The predicted octanol–water partition coefficient (Wildman–Crippen LogP) is 1.61. The van der Waals surface area contributed by atoms with Crippen molar-refractivity contribution in [1.82, 2.24) is 29.9 Å². The Morgan fingerprint density at radius 1 is 1.08 bits per heavy atom. The Labute approximate surface area is 153 Å². The molecular weight excluding hydrogens is 330 g/mol.